The third-order valence-electron chi connectivity index (χ3n) is 5.90. The molecule has 11 heteroatoms. The minimum atomic E-state index is -4.90. The van der Waals surface area contributed by atoms with Crippen LogP contribution in [0.4, 0.5) is 23.2 Å². The summed E-state index contributed by atoms with van der Waals surface area (Å²) in [5, 5.41) is 18.9. The molecule has 1 aliphatic heterocycles. The third kappa shape index (κ3) is 4.59. The smallest absolute Gasteiger partial charge is 0.481 e. The molecule has 2 aromatic rings. The molecule has 0 saturated heterocycles. The molecule has 2 atom stereocenters. The molecule has 0 saturated carbocycles. The lowest BCUT2D eigenvalue weighted by Gasteiger charge is -2.36. The number of ether oxygens (including phenoxy) is 1. The number of benzene rings is 2. The van der Waals surface area contributed by atoms with E-state index in [9.17, 15) is 37.9 Å². The highest BCUT2D eigenvalue weighted by Gasteiger charge is 2.45. The number of halogens is 4. The normalized spacial score (nSPS) is 20.4. The predicted octanol–water partition coefficient (Wildman–Crippen LogP) is 4.24. The number of Topliss-reactive ketones (excluding diaryl/α,β-unsaturated/α-hetero) is 1. The van der Waals surface area contributed by atoms with Gasteiger partial charge in [0, 0.05) is 11.1 Å². The second kappa shape index (κ2) is 8.87. The molecule has 1 N–H and O–H groups in total. The Hall–Kier alpha value is -4.20. The number of nitriles is 1. The van der Waals surface area contributed by atoms with Crippen LogP contribution in [0.25, 0.3) is 11.1 Å². The zero-order chi connectivity index (χ0) is 25.5. The molecule has 1 heterocycles. The fraction of sp³-hybridized carbons (Fsp3) is 0.250. The standard InChI is InChI=1S/C24H16F4N2O5/c25-17-9-13(12-2-1-3-15(8-12)35-24(26,27)28)5-7-18(17)30-11-19(31)20-14(10-29)4-6-16(23(33)34)21(20)22(30)32/h1-3,5,7-9,14,16H,4,6,11H2,(H,33,34). The quantitative estimate of drug-likeness (QED) is 0.646. The third-order valence-corrected chi connectivity index (χ3v) is 5.90. The molecule has 0 aromatic heterocycles. The second-order valence-corrected chi connectivity index (χ2v) is 8.03. The Morgan fingerprint density at radius 3 is 2.43 bits per heavy atom. The topological polar surface area (TPSA) is 108 Å². The van der Waals surface area contributed by atoms with Gasteiger partial charge >= 0.3 is 12.3 Å². The zero-order valence-corrected chi connectivity index (χ0v) is 17.8. The first kappa shape index (κ1) is 23.9. The van der Waals surface area contributed by atoms with E-state index in [0.29, 0.717) is 0 Å². The number of nitrogens with zero attached hydrogens (tertiary/aromatic N) is 2. The van der Waals surface area contributed by atoms with Crippen LogP contribution < -0.4 is 9.64 Å². The number of aliphatic carboxylic acids is 1. The number of anilines is 1. The molecule has 180 valence electrons. The monoisotopic (exact) mass is 488 g/mol. The lowest BCUT2D eigenvalue weighted by molar-refractivity contribution is -0.274. The average Bonchev–Trinajstić information content (AvgIpc) is 2.79. The van der Waals surface area contributed by atoms with Gasteiger partial charge in [0.2, 0.25) is 0 Å². The molecule has 4 rings (SSSR count). The highest BCUT2D eigenvalue weighted by atomic mass is 19.4. The van der Waals surface area contributed by atoms with E-state index in [4.69, 9.17) is 0 Å². The van der Waals surface area contributed by atoms with Gasteiger partial charge in [0.15, 0.2) is 5.78 Å². The number of hydrogen-bond acceptors (Lipinski definition) is 5. The van der Waals surface area contributed by atoms with Crippen LogP contribution >= 0.6 is 0 Å². The van der Waals surface area contributed by atoms with Gasteiger partial charge in [-0.3, -0.25) is 19.3 Å². The van der Waals surface area contributed by atoms with E-state index in [-0.39, 0.29) is 40.8 Å². The molecular weight excluding hydrogens is 472 g/mol. The van der Waals surface area contributed by atoms with E-state index in [0.717, 1.165) is 23.1 Å². The number of rotatable bonds is 4. The van der Waals surface area contributed by atoms with Gasteiger partial charge in [0.05, 0.1) is 30.1 Å². The summed E-state index contributed by atoms with van der Waals surface area (Å²) < 4.78 is 56.5. The minimum Gasteiger partial charge on any atom is -0.481 e. The average molecular weight is 488 g/mol. The Labute approximate surface area is 195 Å². The fourth-order valence-electron chi connectivity index (χ4n) is 4.40. The second-order valence-electron chi connectivity index (χ2n) is 8.03. The van der Waals surface area contributed by atoms with Crippen molar-refractivity contribution in [2.24, 2.45) is 11.8 Å². The zero-order valence-electron chi connectivity index (χ0n) is 17.8. The number of carbonyl (C=O) groups is 3. The first-order valence-corrected chi connectivity index (χ1v) is 10.4. The molecular formula is C24H16F4N2O5. The van der Waals surface area contributed by atoms with Gasteiger partial charge in [-0.05, 0) is 48.2 Å². The van der Waals surface area contributed by atoms with Crippen LogP contribution in [0.2, 0.25) is 0 Å². The lowest BCUT2D eigenvalue weighted by Crippen LogP contribution is -2.48. The molecule has 2 aromatic carbocycles. The van der Waals surface area contributed by atoms with Crippen LogP contribution in [-0.2, 0) is 14.4 Å². The molecule has 0 fully saturated rings. The van der Waals surface area contributed by atoms with E-state index >= 15 is 4.39 Å². The van der Waals surface area contributed by atoms with E-state index in [1.165, 1.54) is 24.3 Å². The van der Waals surface area contributed by atoms with Crippen molar-refractivity contribution in [3.63, 3.8) is 0 Å². The molecule has 2 unspecified atom stereocenters. The number of carbonyl (C=O) groups excluding carboxylic acids is 2. The molecule has 0 radical (unpaired) electrons. The van der Waals surface area contributed by atoms with Crippen molar-refractivity contribution < 1.29 is 41.8 Å². The summed E-state index contributed by atoms with van der Waals surface area (Å²) in [6.45, 7) is -0.576. The Balaban J connectivity index is 1.70. The van der Waals surface area contributed by atoms with E-state index in [1.54, 1.807) is 0 Å². The maximum absolute atomic E-state index is 15.1. The largest absolute Gasteiger partial charge is 0.573 e. The van der Waals surface area contributed by atoms with Crippen molar-refractivity contribution in [1.29, 1.82) is 5.26 Å². The minimum absolute atomic E-state index is 0.0169. The molecule has 2 aliphatic rings. The van der Waals surface area contributed by atoms with Crippen LogP contribution in [0.5, 0.6) is 5.75 Å². The summed E-state index contributed by atoms with van der Waals surface area (Å²) in [5.41, 5.74) is -0.360. The van der Waals surface area contributed by atoms with Gasteiger partial charge in [0.25, 0.3) is 5.91 Å². The summed E-state index contributed by atoms with van der Waals surface area (Å²) in [4.78, 5) is 38.6. The summed E-state index contributed by atoms with van der Waals surface area (Å²) >= 11 is 0. The Bertz CT molecular complexity index is 1310. The predicted molar refractivity (Wildman–Crippen MR) is 112 cm³/mol. The van der Waals surface area contributed by atoms with Crippen LogP contribution in [0, 0.1) is 29.0 Å². The number of amides is 1. The first-order valence-electron chi connectivity index (χ1n) is 10.4. The van der Waals surface area contributed by atoms with Gasteiger partial charge < -0.3 is 9.84 Å². The highest BCUT2D eigenvalue weighted by Crippen LogP contribution is 2.40. The molecule has 0 spiro atoms. The molecule has 35 heavy (non-hydrogen) atoms. The van der Waals surface area contributed by atoms with Crippen LogP contribution in [0.15, 0.2) is 53.6 Å². The van der Waals surface area contributed by atoms with E-state index in [1.807, 2.05) is 6.07 Å². The lowest BCUT2D eigenvalue weighted by atomic mass is 9.73. The number of carboxylic acid groups (broad SMARTS) is 1. The number of alkyl halides is 3. The van der Waals surface area contributed by atoms with Gasteiger partial charge in [-0.2, -0.15) is 5.26 Å². The maximum atomic E-state index is 15.1. The van der Waals surface area contributed by atoms with Crippen molar-refractivity contribution in [2.45, 2.75) is 19.2 Å². The summed E-state index contributed by atoms with van der Waals surface area (Å²) in [6.07, 6.45) is -4.80. The van der Waals surface area contributed by atoms with Gasteiger partial charge in [0.1, 0.15) is 11.6 Å². The van der Waals surface area contributed by atoms with Crippen LogP contribution in [0.1, 0.15) is 12.8 Å². The van der Waals surface area contributed by atoms with Crippen LogP contribution in [0.3, 0.4) is 0 Å². The molecule has 7 nitrogen and oxygen atoms in total. The molecule has 1 aliphatic carbocycles. The van der Waals surface area contributed by atoms with E-state index < -0.39 is 54.0 Å². The number of ketones is 1. The van der Waals surface area contributed by atoms with Crippen molar-refractivity contribution >= 4 is 23.3 Å². The summed E-state index contributed by atoms with van der Waals surface area (Å²) in [6, 6.07) is 10.3. The van der Waals surface area contributed by atoms with E-state index in [2.05, 4.69) is 4.74 Å². The SMILES string of the molecule is N#CC1CCC(C(=O)O)C2=C1C(=O)CN(c1ccc(-c3cccc(OC(F)(F)F)c3)cc1F)C2=O. The summed E-state index contributed by atoms with van der Waals surface area (Å²) in [5.74, 6) is -6.51. The number of carboxylic acids is 1. The van der Waals surface area contributed by atoms with Gasteiger partial charge in [-0.15, -0.1) is 13.2 Å². The molecule has 0 bridgehead atoms. The fourth-order valence-corrected chi connectivity index (χ4v) is 4.40. The van der Waals surface area contributed by atoms with Crippen molar-refractivity contribution in [1.82, 2.24) is 0 Å². The maximum Gasteiger partial charge on any atom is 0.573 e. The van der Waals surface area contributed by atoms with Gasteiger partial charge in [-0.1, -0.05) is 18.2 Å². The first-order chi connectivity index (χ1) is 16.5. The Morgan fingerprint density at radius 2 is 1.80 bits per heavy atom. The van der Waals surface area contributed by atoms with Crippen LogP contribution in [-0.4, -0.2) is 35.7 Å². The van der Waals surface area contributed by atoms with Gasteiger partial charge in [-0.25, -0.2) is 4.39 Å². The summed E-state index contributed by atoms with van der Waals surface area (Å²) in [7, 11) is 0. The Morgan fingerprint density at radius 1 is 1.09 bits per heavy atom. The highest BCUT2D eigenvalue weighted by molar-refractivity contribution is 6.21. The van der Waals surface area contributed by atoms with Crippen molar-refractivity contribution in [2.75, 3.05) is 11.4 Å². The Kier molecular flexibility index (Phi) is 6.06. The number of hydrogen-bond donors (Lipinski definition) is 1. The molecule has 1 amide bonds. The van der Waals surface area contributed by atoms with Crippen molar-refractivity contribution in [3.8, 4) is 22.9 Å². The van der Waals surface area contributed by atoms with Crippen molar-refractivity contribution in [3.05, 3.63) is 59.4 Å².